The van der Waals surface area contributed by atoms with E-state index in [1.165, 1.54) is 0 Å². The minimum Gasteiger partial charge on any atom is -0.442 e. The Morgan fingerprint density at radius 3 is 2.15 bits per heavy atom. The summed E-state index contributed by atoms with van der Waals surface area (Å²) >= 11 is 0. The average Bonchev–Trinajstić information content (AvgIpc) is 2.92. The molecule has 1 amide bonds. The normalized spacial score (nSPS) is 24.8. The highest BCUT2D eigenvalue weighted by Gasteiger charge is 2.51. The van der Waals surface area contributed by atoms with Crippen LogP contribution in [0.25, 0.3) is 5.70 Å². The molecule has 0 spiro atoms. The van der Waals surface area contributed by atoms with E-state index in [1.807, 2.05) is 52.0 Å². The van der Waals surface area contributed by atoms with Gasteiger partial charge in [0.1, 0.15) is 5.60 Å². The van der Waals surface area contributed by atoms with Crippen LogP contribution in [-0.4, -0.2) is 52.2 Å². The fourth-order valence-corrected chi connectivity index (χ4v) is 4.27. The van der Waals surface area contributed by atoms with E-state index in [1.54, 1.807) is 18.7 Å². The van der Waals surface area contributed by atoms with Gasteiger partial charge in [0.25, 0.3) is 0 Å². The minimum absolute atomic E-state index is 0.151. The van der Waals surface area contributed by atoms with E-state index in [0.29, 0.717) is 31.5 Å². The van der Waals surface area contributed by atoms with Gasteiger partial charge in [-0.3, -0.25) is 4.90 Å². The molecule has 2 heterocycles. The van der Waals surface area contributed by atoms with E-state index in [4.69, 9.17) is 14.0 Å². The van der Waals surface area contributed by atoms with E-state index in [9.17, 15) is 9.90 Å². The molecule has 0 bridgehead atoms. The monoisotopic (exact) mass is 457 g/mol. The second kappa shape index (κ2) is 8.75. The van der Waals surface area contributed by atoms with E-state index in [0.717, 1.165) is 11.0 Å². The number of hydrogen-bond acceptors (Lipinski definition) is 5. The number of carbonyl (C=O) groups excluding carboxylic acids is 1. The fraction of sp³-hybridized carbons (Fsp3) is 0.654. The Hall–Kier alpha value is -1.83. The van der Waals surface area contributed by atoms with E-state index in [2.05, 4.69) is 20.4 Å². The van der Waals surface area contributed by atoms with Crippen molar-refractivity contribution in [3.63, 3.8) is 0 Å². The van der Waals surface area contributed by atoms with Gasteiger partial charge in [0.15, 0.2) is 0 Å². The lowest BCUT2D eigenvalue weighted by Crippen LogP contribution is -2.52. The zero-order chi connectivity index (χ0) is 24.8. The summed E-state index contributed by atoms with van der Waals surface area (Å²) in [4.78, 5) is 14.6. The maximum atomic E-state index is 13.0. The van der Waals surface area contributed by atoms with Crippen LogP contribution in [-0.2, 0) is 14.0 Å². The summed E-state index contributed by atoms with van der Waals surface area (Å²) in [5.41, 5.74) is 0.220. The van der Waals surface area contributed by atoms with Crippen LogP contribution in [0, 0.1) is 5.92 Å². The number of hydrogen-bond donors (Lipinski definition) is 1. The molecule has 3 rings (SSSR count). The van der Waals surface area contributed by atoms with Crippen molar-refractivity contribution in [2.45, 2.75) is 97.1 Å². The van der Waals surface area contributed by atoms with Gasteiger partial charge in [-0.15, -0.1) is 0 Å². The van der Waals surface area contributed by atoms with Gasteiger partial charge in [0.05, 0.1) is 16.8 Å². The number of carbonyl (C=O) groups is 1. The molecule has 2 aliphatic heterocycles. The molecule has 7 heteroatoms. The van der Waals surface area contributed by atoms with Gasteiger partial charge in [-0.2, -0.15) is 0 Å². The van der Waals surface area contributed by atoms with Crippen molar-refractivity contribution in [2.75, 3.05) is 6.54 Å². The topological polar surface area (TPSA) is 68.2 Å². The van der Waals surface area contributed by atoms with Gasteiger partial charge in [-0.05, 0) is 71.3 Å². The molecule has 2 aliphatic rings. The van der Waals surface area contributed by atoms with Crippen LogP contribution < -0.4 is 5.46 Å². The summed E-state index contributed by atoms with van der Waals surface area (Å²) in [5, 5.41) is 10.2. The highest BCUT2D eigenvalue weighted by atomic mass is 16.7. The highest BCUT2D eigenvalue weighted by molar-refractivity contribution is 6.62. The van der Waals surface area contributed by atoms with Gasteiger partial charge in [-0.1, -0.05) is 44.7 Å². The van der Waals surface area contributed by atoms with Crippen molar-refractivity contribution in [3.8, 4) is 0 Å². The highest BCUT2D eigenvalue weighted by Crippen LogP contribution is 2.39. The van der Waals surface area contributed by atoms with Gasteiger partial charge < -0.3 is 19.2 Å². The van der Waals surface area contributed by atoms with Crippen LogP contribution in [0.2, 0.25) is 0 Å². The van der Waals surface area contributed by atoms with Crippen LogP contribution in [0.5, 0.6) is 0 Å². The van der Waals surface area contributed by atoms with Gasteiger partial charge in [0.2, 0.25) is 0 Å². The third-order valence-corrected chi connectivity index (χ3v) is 7.58. The maximum absolute atomic E-state index is 13.0. The molecule has 0 aliphatic carbocycles. The lowest BCUT2D eigenvalue weighted by Gasteiger charge is -2.45. The summed E-state index contributed by atoms with van der Waals surface area (Å²) in [5.74, 6) is 0.151. The molecule has 2 fully saturated rings. The fourth-order valence-electron chi connectivity index (χ4n) is 4.27. The standard InChI is InChI=1S/C26H40BNO5/c1-18(2)26(15-14-23(4,5)30)16-17-28(22(29)31-26)19(3)20-10-12-21(13-11-20)27-32-24(6,7)25(8,9)33-27/h10-13,18,30H,3,14-17H2,1-2,4-9H3. The van der Waals surface area contributed by atoms with Crippen LogP contribution in [0.15, 0.2) is 30.8 Å². The third kappa shape index (κ3) is 5.31. The summed E-state index contributed by atoms with van der Waals surface area (Å²) in [6.45, 7) is 20.5. The Morgan fingerprint density at radius 1 is 1.15 bits per heavy atom. The summed E-state index contributed by atoms with van der Waals surface area (Å²) in [6, 6.07) is 7.79. The Bertz CT molecular complexity index is 871. The van der Waals surface area contributed by atoms with Crippen LogP contribution in [0.4, 0.5) is 4.79 Å². The molecule has 0 saturated carbocycles. The summed E-state index contributed by atoms with van der Waals surface area (Å²) < 4.78 is 18.3. The molecule has 2 saturated heterocycles. The summed E-state index contributed by atoms with van der Waals surface area (Å²) in [6.07, 6.45) is 1.51. The third-order valence-electron chi connectivity index (χ3n) is 7.58. The Balaban J connectivity index is 1.69. The predicted molar refractivity (Wildman–Crippen MR) is 132 cm³/mol. The molecule has 0 radical (unpaired) electrons. The molecule has 1 N–H and O–H groups in total. The van der Waals surface area contributed by atoms with Crippen molar-refractivity contribution in [1.29, 1.82) is 0 Å². The second-order valence-corrected chi connectivity index (χ2v) is 11.5. The molecule has 6 nitrogen and oxygen atoms in total. The molecular formula is C26H40BNO5. The lowest BCUT2D eigenvalue weighted by molar-refractivity contribution is -0.0832. The predicted octanol–water partition coefficient (Wildman–Crippen LogP) is 4.74. The quantitative estimate of drug-likeness (QED) is 0.599. The smallest absolute Gasteiger partial charge is 0.442 e. The lowest BCUT2D eigenvalue weighted by atomic mass is 9.78. The minimum atomic E-state index is -0.798. The largest absolute Gasteiger partial charge is 0.494 e. The first-order valence-corrected chi connectivity index (χ1v) is 11.9. The second-order valence-electron chi connectivity index (χ2n) is 11.5. The van der Waals surface area contributed by atoms with E-state index in [-0.39, 0.29) is 12.0 Å². The Labute approximate surface area is 199 Å². The van der Waals surface area contributed by atoms with Crippen LogP contribution in [0.3, 0.4) is 0 Å². The number of nitrogens with zero attached hydrogens (tertiary/aromatic N) is 1. The zero-order valence-electron chi connectivity index (χ0n) is 21.5. The average molecular weight is 457 g/mol. The van der Waals surface area contributed by atoms with Crippen LogP contribution in [0.1, 0.15) is 80.2 Å². The molecule has 1 unspecified atom stereocenters. The van der Waals surface area contributed by atoms with Crippen LogP contribution >= 0.6 is 0 Å². The molecule has 1 aromatic rings. The first kappa shape index (κ1) is 25.8. The Kier molecular flexibility index (Phi) is 6.84. The number of amides is 1. The van der Waals surface area contributed by atoms with Crippen molar-refractivity contribution in [1.82, 2.24) is 4.90 Å². The molecular weight excluding hydrogens is 417 g/mol. The maximum Gasteiger partial charge on any atom is 0.494 e. The molecule has 33 heavy (non-hydrogen) atoms. The SMILES string of the molecule is C=C(c1ccc(B2OC(C)(C)C(C)(C)O2)cc1)N1CCC(CCC(C)(C)O)(C(C)C)OC1=O. The van der Waals surface area contributed by atoms with Crippen molar-refractivity contribution in [2.24, 2.45) is 5.92 Å². The van der Waals surface area contributed by atoms with Crippen molar-refractivity contribution < 1.29 is 23.9 Å². The number of aliphatic hydroxyl groups is 1. The van der Waals surface area contributed by atoms with E-state index >= 15 is 0 Å². The van der Waals surface area contributed by atoms with Gasteiger partial charge in [0, 0.05) is 18.7 Å². The van der Waals surface area contributed by atoms with Crippen molar-refractivity contribution >= 4 is 24.4 Å². The molecule has 1 atom stereocenters. The number of cyclic esters (lactones) is 1. The zero-order valence-corrected chi connectivity index (χ0v) is 21.5. The Morgan fingerprint density at radius 2 is 1.70 bits per heavy atom. The molecule has 182 valence electrons. The molecule has 1 aromatic carbocycles. The van der Waals surface area contributed by atoms with E-state index < -0.39 is 29.5 Å². The molecule has 0 aromatic heterocycles. The number of benzene rings is 1. The van der Waals surface area contributed by atoms with Crippen molar-refractivity contribution in [3.05, 3.63) is 36.4 Å². The van der Waals surface area contributed by atoms with Gasteiger partial charge in [-0.25, -0.2) is 4.79 Å². The first-order chi connectivity index (χ1) is 15.1. The number of ether oxygens (including phenoxy) is 1. The first-order valence-electron chi connectivity index (χ1n) is 11.9. The van der Waals surface area contributed by atoms with Gasteiger partial charge >= 0.3 is 13.2 Å². The number of rotatable bonds is 7. The summed E-state index contributed by atoms with van der Waals surface area (Å²) in [7, 11) is -0.431.